The van der Waals surface area contributed by atoms with Crippen molar-refractivity contribution < 1.29 is 13.6 Å². The summed E-state index contributed by atoms with van der Waals surface area (Å²) in [6.45, 7) is 3.65. The van der Waals surface area contributed by atoms with E-state index >= 15 is 0 Å². The Balaban J connectivity index is 2.14. The van der Waals surface area contributed by atoms with E-state index in [0.29, 0.717) is 11.1 Å². The molecule has 0 spiro atoms. The lowest BCUT2D eigenvalue weighted by atomic mass is 9.85. The van der Waals surface area contributed by atoms with Crippen LogP contribution in [-0.2, 0) is 10.2 Å². The number of halogens is 2. The fraction of sp³-hybridized carbons (Fsp3) is 0.188. The predicted molar refractivity (Wildman–Crippen MR) is 73.4 cm³/mol. The van der Waals surface area contributed by atoms with Crippen molar-refractivity contribution >= 4 is 11.6 Å². The van der Waals surface area contributed by atoms with Crippen LogP contribution in [0.2, 0.25) is 0 Å². The topological polar surface area (TPSA) is 29.1 Å². The Morgan fingerprint density at radius 3 is 2.25 bits per heavy atom. The molecule has 1 aliphatic heterocycles. The highest BCUT2D eigenvalue weighted by atomic mass is 19.1. The normalized spacial score (nSPS) is 15.9. The molecular weight excluding hydrogens is 260 g/mol. The molecule has 2 aromatic carbocycles. The van der Waals surface area contributed by atoms with Crippen LogP contribution in [0.1, 0.15) is 19.4 Å². The summed E-state index contributed by atoms with van der Waals surface area (Å²) in [5.41, 5.74) is 2.09. The molecule has 4 heteroatoms. The lowest BCUT2D eigenvalue weighted by Gasteiger charge is -2.16. The molecule has 2 aromatic rings. The molecule has 0 saturated carbocycles. The number of fused-ring (bicyclic) bond motifs is 1. The highest BCUT2D eigenvalue weighted by molar-refractivity contribution is 6.06. The Labute approximate surface area is 115 Å². The minimum Gasteiger partial charge on any atom is -0.325 e. The first-order valence-electron chi connectivity index (χ1n) is 6.30. The number of nitrogens with one attached hydrogen (secondary N) is 1. The highest BCUT2D eigenvalue weighted by Crippen LogP contribution is 2.39. The number of benzene rings is 2. The van der Waals surface area contributed by atoms with Crippen LogP contribution in [0.4, 0.5) is 14.5 Å². The van der Waals surface area contributed by atoms with E-state index in [2.05, 4.69) is 5.32 Å². The third-order valence-corrected chi connectivity index (χ3v) is 3.70. The van der Waals surface area contributed by atoms with Crippen molar-refractivity contribution in [3.8, 4) is 11.1 Å². The Bertz CT molecular complexity index is 702. The van der Waals surface area contributed by atoms with Crippen molar-refractivity contribution in [2.75, 3.05) is 5.32 Å². The molecule has 0 fully saturated rings. The van der Waals surface area contributed by atoms with Crippen LogP contribution in [0.15, 0.2) is 36.4 Å². The molecule has 0 atom stereocenters. The van der Waals surface area contributed by atoms with E-state index in [9.17, 15) is 13.6 Å². The quantitative estimate of drug-likeness (QED) is 0.839. The fourth-order valence-corrected chi connectivity index (χ4v) is 2.47. The zero-order chi connectivity index (χ0) is 14.5. The summed E-state index contributed by atoms with van der Waals surface area (Å²) in [5, 5.41) is 2.80. The van der Waals surface area contributed by atoms with Crippen LogP contribution in [0.3, 0.4) is 0 Å². The second kappa shape index (κ2) is 4.13. The Kier molecular flexibility index (Phi) is 2.64. The van der Waals surface area contributed by atoms with Crippen molar-refractivity contribution in [2.45, 2.75) is 19.3 Å². The number of amides is 1. The van der Waals surface area contributed by atoms with Gasteiger partial charge in [0, 0.05) is 11.8 Å². The zero-order valence-corrected chi connectivity index (χ0v) is 11.1. The third kappa shape index (κ3) is 1.88. The monoisotopic (exact) mass is 273 g/mol. The van der Waals surface area contributed by atoms with E-state index in [1.54, 1.807) is 18.2 Å². The van der Waals surface area contributed by atoms with Crippen molar-refractivity contribution in [1.82, 2.24) is 0 Å². The van der Waals surface area contributed by atoms with Gasteiger partial charge in [0.25, 0.3) is 0 Å². The molecule has 0 aromatic heterocycles. The average molecular weight is 273 g/mol. The number of rotatable bonds is 1. The number of carbonyl (C=O) groups excluding carboxylic acids is 1. The first-order chi connectivity index (χ1) is 9.38. The van der Waals surface area contributed by atoms with E-state index < -0.39 is 17.0 Å². The molecule has 0 aliphatic carbocycles. The average Bonchev–Trinajstić information content (AvgIpc) is 2.59. The van der Waals surface area contributed by atoms with Crippen molar-refractivity contribution in [2.24, 2.45) is 0 Å². The van der Waals surface area contributed by atoms with Crippen molar-refractivity contribution in [1.29, 1.82) is 0 Å². The standard InChI is InChI=1S/C16H13F2NO/c1-16(2)13-7-9(3-4-14(13)19-15(16)20)10-5-11(17)8-12(18)6-10/h3-8H,1-2H3,(H,19,20). The van der Waals surface area contributed by atoms with Gasteiger partial charge in [-0.2, -0.15) is 0 Å². The van der Waals surface area contributed by atoms with Gasteiger partial charge in [0.1, 0.15) is 11.6 Å². The molecule has 1 aliphatic rings. The molecule has 0 radical (unpaired) electrons. The lowest BCUT2D eigenvalue weighted by molar-refractivity contribution is -0.119. The summed E-state index contributed by atoms with van der Waals surface area (Å²) in [6.07, 6.45) is 0. The molecule has 0 unspecified atom stereocenters. The summed E-state index contributed by atoms with van der Waals surface area (Å²) in [7, 11) is 0. The summed E-state index contributed by atoms with van der Waals surface area (Å²) in [6, 6.07) is 8.71. The van der Waals surface area contributed by atoms with Crippen LogP contribution < -0.4 is 5.32 Å². The molecule has 102 valence electrons. The van der Waals surface area contributed by atoms with Gasteiger partial charge in [-0.1, -0.05) is 6.07 Å². The maximum atomic E-state index is 13.3. The van der Waals surface area contributed by atoms with Crippen LogP contribution in [-0.4, -0.2) is 5.91 Å². The number of anilines is 1. The second-order valence-corrected chi connectivity index (χ2v) is 5.50. The minimum atomic E-state index is -0.642. The molecule has 1 heterocycles. The molecule has 0 saturated heterocycles. The van der Waals surface area contributed by atoms with Gasteiger partial charge in [-0.25, -0.2) is 8.78 Å². The van der Waals surface area contributed by atoms with Crippen LogP contribution in [0.25, 0.3) is 11.1 Å². The van der Waals surface area contributed by atoms with Crippen LogP contribution >= 0.6 is 0 Å². The number of carbonyl (C=O) groups is 1. The summed E-state index contributed by atoms with van der Waals surface area (Å²) < 4.78 is 26.6. The molecule has 2 nitrogen and oxygen atoms in total. The molecule has 1 N–H and O–H groups in total. The van der Waals surface area contributed by atoms with E-state index in [1.165, 1.54) is 12.1 Å². The molecule has 1 amide bonds. The van der Waals surface area contributed by atoms with Crippen molar-refractivity contribution in [3.63, 3.8) is 0 Å². The molecule has 3 rings (SSSR count). The maximum Gasteiger partial charge on any atom is 0.234 e. The summed E-state index contributed by atoms with van der Waals surface area (Å²) in [4.78, 5) is 11.9. The Morgan fingerprint density at radius 1 is 0.950 bits per heavy atom. The largest absolute Gasteiger partial charge is 0.325 e. The van der Waals surface area contributed by atoms with Gasteiger partial charge < -0.3 is 5.32 Å². The maximum absolute atomic E-state index is 13.3. The first-order valence-corrected chi connectivity index (χ1v) is 6.30. The van der Waals surface area contributed by atoms with Gasteiger partial charge in [0.15, 0.2) is 0 Å². The Hall–Kier alpha value is -2.23. The summed E-state index contributed by atoms with van der Waals surface area (Å²) in [5.74, 6) is -1.31. The van der Waals surface area contributed by atoms with Gasteiger partial charge in [-0.3, -0.25) is 4.79 Å². The van der Waals surface area contributed by atoms with Gasteiger partial charge in [0.2, 0.25) is 5.91 Å². The number of hydrogen-bond acceptors (Lipinski definition) is 1. The second-order valence-electron chi connectivity index (χ2n) is 5.50. The molecule has 20 heavy (non-hydrogen) atoms. The lowest BCUT2D eigenvalue weighted by Crippen LogP contribution is -2.26. The minimum absolute atomic E-state index is 0.0740. The third-order valence-electron chi connectivity index (χ3n) is 3.70. The van der Waals surface area contributed by atoms with E-state index in [1.807, 2.05) is 13.8 Å². The van der Waals surface area contributed by atoms with Gasteiger partial charge in [-0.15, -0.1) is 0 Å². The SMILES string of the molecule is CC1(C)C(=O)Nc2ccc(-c3cc(F)cc(F)c3)cc21. The Morgan fingerprint density at radius 2 is 1.60 bits per heavy atom. The van der Waals surface area contributed by atoms with Gasteiger partial charge in [-0.05, 0) is 54.8 Å². The van der Waals surface area contributed by atoms with Crippen molar-refractivity contribution in [3.05, 3.63) is 53.6 Å². The van der Waals surface area contributed by atoms with E-state index in [-0.39, 0.29) is 5.91 Å². The molecule has 0 bridgehead atoms. The predicted octanol–water partition coefficient (Wildman–Crippen LogP) is 3.86. The fourth-order valence-electron chi connectivity index (χ4n) is 2.47. The van der Waals surface area contributed by atoms with E-state index in [0.717, 1.165) is 17.3 Å². The van der Waals surface area contributed by atoms with Crippen LogP contribution in [0.5, 0.6) is 0 Å². The smallest absolute Gasteiger partial charge is 0.234 e. The van der Waals surface area contributed by atoms with Crippen LogP contribution in [0, 0.1) is 11.6 Å². The highest BCUT2D eigenvalue weighted by Gasteiger charge is 2.38. The molecular formula is C16H13F2NO. The number of hydrogen-bond donors (Lipinski definition) is 1. The van der Waals surface area contributed by atoms with E-state index in [4.69, 9.17) is 0 Å². The summed E-state index contributed by atoms with van der Waals surface area (Å²) >= 11 is 0. The first kappa shape index (κ1) is 12.8. The van der Waals surface area contributed by atoms with Gasteiger partial charge >= 0.3 is 0 Å². The zero-order valence-electron chi connectivity index (χ0n) is 11.1. The van der Waals surface area contributed by atoms with Gasteiger partial charge in [0.05, 0.1) is 5.41 Å².